The number of ether oxygens (including phenoxy) is 2. The molecule has 2 atom stereocenters. The van der Waals surface area contributed by atoms with Crippen LogP contribution in [0.1, 0.15) is 24.8 Å². The van der Waals surface area contributed by atoms with Crippen molar-refractivity contribution in [3.63, 3.8) is 0 Å². The molecule has 0 bridgehead atoms. The van der Waals surface area contributed by atoms with Crippen molar-refractivity contribution in [3.8, 4) is 0 Å². The second kappa shape index (κ2) is 3.82. The fourth-order valence-electron chi connectivity index (χ4n) is 4.80. The smallest absolute Gasteiger partial charge is 0.229 e. The Kier molecular flexibility index (Phi) is 2.16. The molecule has 0 radical (unpaired) electrons. The summed E-state index contributed by atoms with van der Waals surface area (Å²) < 4.78 is 11.9. The molecule has 3 aliphatic heterocycles. The summed E-state index contributed by atoms with van der Waals surface area (Å²) in [6, 6.07) is 8.20. The van der Waals surface area contributed by atoms with Gasteiger partial charge in [0.2, 0.25) is 5.91 Å². The third-order valence-corrected chi connectivity index (χ3v) is 5.59. The first-order valence-electron chi connectivity index (χ1n) is 7.77. The Hall–Kier alpha value is -2.07. The lowest BCUT2D eigenvalue weighted by Gasteiger charge is -2.49. The number of rotatable bonds is 1. The van der Waals surface area contributed by atoms with Gasteiger partial charge in [-0.25, -0.2) is 0 Å². The van der Waals surface area contributed by atoms with Crippen molar-refractivity contribution in [3.05, 3.63) is 53.3 Å². The maximum Gasteiger partial charge on any atom is 0.229 e. The van der Waals surface area contributed by atoms with Crippen LogP contribution in [-0.4, -0.2) is 25.3 Å². The Morgan fingerprint density at radius 3 is 3.00 bits per heavy atom. The Morgan fingerprint density at radius 1 is 1.27 bits per heavy atom. The van der Waals surface area contributed by atoms with Gasteiger partial charge in [0.1, 0.15) is 5.76 Å². The average Bonchev–Trinajstić information content (AvgIpc) is 3.03. The van der Waals surface area contributed by atoms with Crippen LogP contribution in [0, 0.1) is 0 Å². The van der Waals surface area contributed by atoms with E-state index in [9.17, 15) is 4.79 Å². The summed E-state index contributed by atoms with van der Waals surface area (Å²) in [6.45, 7) is 0.656. The molecular weight excluding hydrogens is 278 g/mol. The number of methoxy groups -OCH3 is 1. The minimum atomic E-state index is -0.659. The largest absolute Gasteiger partial charge is 0.497 e. The fourth-order valence-corrected chi connectivity index (χ4v) is 4.80. The predicted octanol–water partition coefficient (Wildman–Crippen LogP) is 2.65. The van der Waals surface area contributed by atoms with E-state index in [1.54, 1.807) is 7.11 Å². The van der Waals surface area contributed by atoms with Gasteiger partial charge in [0.05, 0.1) is 24.8 Å². The van der Waals surface area contributed by atoms with E-state index in [-0.39, 0.29) is 11.3 Å². The standard InChI is InChI=1S/C18H17NO3/c1-21-13-10-12-6-7-16(20)19-15-5-3-2-4-14(15)17(11-13)8-9-22-18(12,17)19/h2-5,10-11H,6-9H2,1H3/t17-,18+/m0/s1. The van der Waals surface area contributed by atoms with E-state index < -0.39 is 5.72 Å². The van der Waals surface area contributed by atoms with Gasteiger partial charge in [-0.05, 0) is 42.2 Å². The van der Waals surface area contributed by atoms with Gasteiger partial charge in [-0.15, -0.1) is 0 Å². The molecule has 1 aromatic rings. The lowest BCUT2D eigenvalue weighted by Crippen LogP contribution is -2.62. The fraction of sp³-hybridized carbons (Fsp3) is 0.389. The third-order valence-electron chi connectivity index (χ3n) is 5.59. The summed E-state index contributed by atoms with van der Waals surface area (Å²) in [4.78, 5) is 14.6. The van der Waals surface area contributed by atoms with Gasteiger partial charge in [0.25, 0.3) is 0 Å². The summed E-state index contributed by atoms with van der Waals surface area (Å²) in [5, 5.41) is 0. The van der Waals surface area contributed by atoms with Gasteiger partial charge >= 0.3 is 0 Å². The maximum absolute atomic E-state index is 12.7. The highest BCUT2D eigenvalue weighted by atomic mass is 16.5. The van der Waals surface area contributed by atoms with Crippen molar-refractivity contribution in [2.45, 2.75) is 30.4 Å². The van der Waals surface area contributed by atoms with E-state index >= 15 is 0 Å². The van der Waals surface area contributed by atoms with Crippen LogP contribution in [0.2, 0.25) is 0 Å². The van der Waals surface area contributed by atoms with Crippen molar-refractivity contribution < 1.29 is 14.3 Å². The van der Waals surface area contributed by atoms with Crippen LogP contribution in [-0.2, 0) is 19.7 Å². The van der Waals surface area contributed by atoms with Gasteiger partial charge < -0.3 is 9.47 Å². The first-order chi connectivity index (χ1) is 10.7. The molecule has 112 valence electrons. The monoisotopic (exact) mass is 295 g/mol. The minimum Gasteiger partial charge on any atom is -0.497 e. The van der Waals surface area contributed by atoms with E-state index in [1.165, 1.54) is 11.1 Å². The van der Waals surface area contributed by atoms with Crippen LogP contribution in [0.15, 0.2) is 47.7 Å². The highest BCUT2D eigenvalue weighted by Crippen LogP contribution is 2.64. The Morgan fingerprint density at radius 2 is 2.14 bits per heavy atom. The zero-order chi connectivity index (χ0) is 14.9. The maximum atomic E-state index is 12.7. The second-order valence-corrected chi connectivity index (χ2v) is 6.38. The van der Waals surface area contributed by atoms with Crippen LogP contribution in [0.5, 0.6) is 0 Å². The normalized spacial score (nSPS) is 34.6. The number of para-hydroxylation sites is 1. The van der Waals surface area contributed by atoms with Crippen LogP contribution < -0.4 is 4.90 Å². The first kappa shape index (κ1) is 12.5. The molecule has 4 heteroatoms. The molecule has 4 nitrogen and oxygen atoms in total. The summed E-state index contributed by atoms with van der Waals surface area (Å²) in [7, 11) is 1.70. The number of allylic oxidation sites excluding steroid dienone is 1. The number of amides is 1. The molecule has 2 fully saturated rings. The summed E-state index contributed by atoms with van der Waals surface area (Å²) >= 11 is 0. The quantitative estimate of drug-likeness (QED) is 0.799. The molecule has 0 aromatic heterocycles. The molecule has 1 aromatic carbocycles. The number of fused-ring (bicyclic) bond motifs is 2. The molecule has 0 unspecified atom stereocenters. The molecule has 22 heavy (non-hydrogen) atoms. The van der Waals surface area contributed by atoms with Crippen LogP contribution >= 0.6 is 0 Å². The Labute approximate surface area is 129 Å². The second-order valence-electron chi connectivity index (χ2n) is 6.38. The summed E-state index contributed by atoms with van der Waals surface area (Å²) in [6.07, 6.45) is 6.37. The molecule has 2 saturated heterocycles. The number of nitrogens with zero attached hydrogens (tertiary/aromatic N) is 1. The number of carbonyl (C=O) groups excluding carboxylic acids is 1. The Bertz CT molecular complexity index is 765. The van der Waals surface area contributed by atoms with E-state index in [4.69, 9.17) is 9.47 Å². The van der Waals surface area contributed by atoms with Crippen molar-refractivity contribution in [2.75, 3.05) is 18.6 Å². The van der Waals surface area contributed by atoms with Crippen molar-refractivity contribution in [1.29, 1.82) is 0 Å². The zero-order valence-electron chi connectivity index (χ0n) is 12.5. The van der Waals surface area contributed by atoms with E-state index in [1.807, 2.05) is 23.1 Å². The number of carbonyl (C=O) groups is 1. The first-order valence-corrected chi connectivity index (χ1v) is 7.77. The number of hydrogen-bond donors (Lipinski definition) is 0. The van der Waals surface area contributed by atoms with Gasteiger partial charge in [-0.3, -0.25) is 9.69 Å². The lowest BCUT2D eigenvalue weighted by molar-refractivity contribution is -0.125. The topological polar surface area (TPSA) is 38.8 Å². The molecule has 0 saturated carbocycles. The predicted molar refractivity (Wildman–Crippen MR) is 81.3 cm³/mol. The molecule has 1 amide bonds. The van der Waals surface area contributed by atoms with Crippen LogP contribution in [0.3, 0.4) is 0 Å². The van der Waals surface area contributed by atoms with Crippen molar-refractivity contribution >= 4 is 11.6 Å². The minimum absolute atomic E-state index is 0.155. The Balaban J connectivity index is 1.90. The number of anilines is 1. The number of hydrogen-bond acceptors (Lipinski definition) is 3. The van der Waals surface area contributed by atoms with E-state index in [2.05, 4.69) is 18.2 Å². The molecule has 1 aliphatic carbocycles. The molecule has 4 aliphatic rings. The van der Waals surface area contributed by atoms with Crippen LogP contribution in [0.25, 0.3) is 0 Å². The van der Waals surface area contributed by atoms with Gasteiger partial charge in [-0.2, -0.15) is 0 Å². The van der Waals surface area contributed by atoms with Gasteiger partial charge in [0, 0.05) is 6.42 Å². The highest BCUT2D eigenvalue weighted by molar-refractivity contribution is 6.01. The number of benzene rings is 1. The molecule has 1 spiro atoms. The molecule has 3 heterocycles. The summed E-state index contributed by atoms with van der Waals surface area (Å²) in [5.41, 5.74) is 2.37. The van der Waals surface area contributed by atoms with E-state index in [0.29, 0.717) is 13.0 Å². The average molecular weight is 295 g/mol. The highest BCUT2D eigenvalue weighted by Gasteiger charge is 2.70. The van der Waals surface area contributed by atoms with Crippen LogP contribution in [0.4, 0.5) is 5.69 Å². The zero-order valence-corrected chi connectivity index (χ0v) is 12.5. The lowest BCUT2D eigenvalue weighted by atomic mass is 9.66. The molecule has 5 rings (SSSR count). The molecule has 0 N–H and O–H groups in total. The van der Waals surface area contributed by atoms with E-state index in [0.717, 1.165) is 24.3 Å². The van der Waals surface area contributed by atoms with Crippen molar-refractivity contribution in [1.82, 2.24) is 0 Å². The summed E-state index contributed by atoms with van der Waals surface area (Å²) in [5.74, 6) is 1.03. The van der Waals surface area contributed by atoms with Gasteiger partial charge in [0.15, 0.2) is 5.72 Å². The van der Waals surface area contributed by atoms with Crippen molar-refractivity contribution in [2.24, 2.45) is 0 Å². The van der Waals surface area contributed by atoms with Gasteiger partial charge in [-0.1, -0.05) is 18.2 Å². The molecular formula is C18H17NO3. The number of piperidine rings is 1. The third kappa shape index (κ3) is 1.11. The SMILES string of the molecule is COC1=C[C@]23CCO[C@]24C(=C1)CCC(=O)N4c1ccccc13.